The maximum absolute atomic E-state index is 11.7. The molecule has 2 aliphatic carbocycles. The van der Waals surface area contributed by atoms with Gasteiger partial charge in [0, 0.05) is 22.5 Å². The molecule has 2 aromatic rings. The van der Waals surface area contributed by atoms with E-state index < -0.39 is 22.3 Å². The zero-order valence-corrected chi connectivity index (χ0v) is 22.2. The molecule has 35 heavy (non-hydrogen) atoms. The molecule has 0 fully saturated rings. The van der Waals surface area contributed by atoms with Crippen molar-refractivity contribution in [3.05, 3.63) is 69.5 Å². The number of pyridine rings is 1. The average Bonchev–Trinajstić information content (AvgIpc) is 3.29. The smallest absolute Gasteiger partial charge is 0.264 e. The number of nitrogens with zero attached hydrogens (tertiary/aromatic N) is 1. The van der Waals surface area contributed by atoms with Crippen molar-refractivity contribution in [3.63, 3.8) is 0 Å². The average molecular weight is 500 g/mol. The highest BCUT2D eigenvalue weighted by atomic mass is 32.2. The van der Waals surface area contributed by atoms with E-state index in [0.29, 0.717) is 17.5 Å². The molecule has 4 rings (SSSR count). The van der Waals surface area contributed by atoms with Gasteiger partial charge < -0.3 is 10.2 Å². The molecule has 0 saturated carbocycles. The highest BCUT2D eigenvalue weighted by Crippen LogP contribution is 2.48. The lowest BCUT2D eigenvalue weighted by atomic mass is 9.71. The molecule has 1 heterocycles. The Hall–Kier alpha value is -2.06. The largest absolute Gasteiger partial charge is 0.388 e. The van der Waals surface area contributed by atoms with Crippen LogP contribution < -0.4 is 0 Å². The van der Waals surface area contributed by atoms with Crippen LogP contribution in [0.5, 0.6) is 0 Å². The molecule has 0 amide bonds. The van der Waals surface area contributed by atoms with Crippen LogP contribution in [0.15, 0.2) is 30.3 Å². The highest BCUT2D eigenvalue weighted by molar-refractivity contribution is 7.85. The summed E-state index contributed by atoms with van der Waals surface area (Å²) in [6.45, 7) is 8.47. The molecule has 0 radical (unpaired) electrons. The lowest BCUT2D eigenvalue weighted by Gasteiger charge is -2.37. The fourth-order valence-corrected chi connectivity index (χ4v) is 5.78. The molecule has 2 aliphatic rings. The van der Waals surface area contributed by atoms with Crippen LogP contribution in [-0.4, -0.2) is 29.9 Å². The number of aliphatic hydroxyl groups is 2. The Morgan fingerprint density at radius 1 is 1.20 bits per heavy atom. The van der Waals surface area contributed by atoms with Crippen molar-refractivity contribution in [2.24, 2.45) is 5.41 Å². The van der Waals surface area contributed by atoms with Crippen molar-refractivity contribution in [2.75, 3.05) is 6.26 Å². The van der Waals surface area contributed by atoms with E-state index in [4.69, 9.17) is 9.17 Å². The third-order valence-corrected chi connectivity index (χ3v) is 7.57. The van der Waals surface area contributed by atoms with Crippen molar-refractivity contribution in [1.29, 1.82) is 0 Å². The van der Waals surface area contributed by atoms with Gasteiger partial charge in [0.2, 0.25) is 0 Å². The van der Waals surface area contributed by atoms with Gasteiger partial charge in [-0.3, -0.25) is 9.17 Å². The molecule has 2 N–H and O–H groups in total. The first-order valence-electron chi connectivity index (χ1n) is 12.4. The molecule has 1 aromatic carbocycles. The second-order valence-electron chi connectivity index (χ2n) is 11.1. The summed E-state index contributed by atoms with van der Waals surface area (Å²) < 4.78 is 27.5. The Kier molecular flexibility index (Phi) is 7.26. The number of hydrogen-bond donors (Lipinski definition) is 2. The molecule has 2 atom stereocenters. The Morgan fingerprint density at radius 2 is 1.89 bits per heavy atom. The molecule has 6 nitrogen and oxygen atoms in total. The number of aromatic nitrogens is 1. The lowest BCUT2D eigenvalue weighted by molar-refractivity contribution is 0.0972. The summed E-state index contributed by atoms with van der Waals surface area (Å²) in [6, 6.07) is 7.16. The summed E-state index contributed by atoms with van der Waals surface area (Å²) in [5, 5.41) is 23.0. The van der Waals surface area contributed by atoms with E-state index in [9.17, 15) is 18.6 Å². The molecule has 0 spiro atoms. The second-order valence-corrected chi connectivity index (χ2v) is 12.7. The summed E-state index contributed by atoms with van der Waals surface area (Å²) in [5.41, 5.74) is 7.02. The van der Waals surface area contributed by atoms with Crippen molar-refractivity contribution < 1.29 is 22.8 Å². The van der Waals surface area contributed by atoms with Gasteiger partial charge in [-0.25, -0.2) is 0 Å². The zero-order chi connectivity index (χ0) is 25.5. The number of rotatable bonds is 7. The fraction of sp³-hybridized carbons (Fsp3) is 0.536. The summed E-state index contributed by atoms with van der Waals surface area (Å²) in [7, 11) is -3.53. The quantitative estimate of drug-likeness (QED) is 0.500. The first kappa shape index (κ1) is 26.0. The van der Waals surface area contributed by atoms with Crippen LogP contribution in [-0.2, 0) is 27.3 Å². The minimum absolute atomic E-state index is 0.0427. The molecule has 0 saturated heterocycles. The third kappa shape index (κ3) is 5.69. The first-order valence-corrected chi connectivity index (χ1v) is 14.2. The maximum Gasteiger partial charge on any atom is 0.264 e. The third-order valence-electron chi connectivity index (χ3n) is 7.02. The van der Waals surface area contributed by atoms with Crippen molar-refractivity contribution >= 4 is 15.7 Å². The topological polar surface area (TPSA) is 96.7 Å². The van der Waals surface area contributed by atoms with Crippen LogP contribution in [0.2, 0.25) is 0 Å². The van der Waals surface area contributed by atoms with E-state index in [0.717, 1.165) is 60.0 Å². The van der Waals surface area contributed by atoms with Crippen LogP contribution in [0.25, 0.3) is 5.57 Å². The zero-order valence-electron chi connectivity index (χ0n) is 21.3. The van der Waals surface area contributed by atoms with Crippen LogP contribution in [0.4, 0.5) is 0 Å². The fourth-order valence-electron chi connectivity index (χ4n) is 5.43. The Balaban J connectivity index is 1.84. The van der Waals surface area contributed by atoms with Crippen LogP contribution in [0.1, 0.15) is 111 Å². The van der Waals surface area contributed by atoms with E-state index in [1.54, 1.807) is 12.1 Å². The molecular weight excluding hydrogens is 462 g/mol. The minimum atomic E-state index is -3.53. The monoisotopic (exact) mass is 499 g/mol. The van der Waals surface area contributed by atoms with E-state index in [1.807, 2.05) is 12.1 Å². The van der Waals surface area contributed by atoms with Gasteiger partial charge >= 0.3 is 0 Å². The standard InChI is InChI=1S/C28H37NO5S/c1-17(2)26-25(27(31)20-12-10-18(11-13-20)16-34-35(5,32)33)23(19-8-6-7-9-19)24-21(29-26)14-28(3,4)15-22(24)30/h8,10-13,17,22,27,30-31H,6-7,9,14-16H2,1-5H3/t22?,27-/m1/s1. The van der Waals surface area contributed by atoms with E-state index in [-0.39, 0.29) is 17.9 Å². The van der Waals surface area contributed by atoms with Crippen molar-refractivity contribution in [3.8, 4) is 0 Å². The molecule has 1 unspecified atom stereocenters. The van der Waals surface area contributed by atoms with Gasteiger partial charge in [0.1, 0.15) is 6.10 Å². The Bertz CT molecular complexity index is 1230. The predicted octanol–water partition coefficient (Wildman–Crippen LogP) is 5.34. The first-order chi connectivity index (χ1) is 16.4. The van der Waals surface area contributed by atoms with Gasteiger partial charge in [0.05, 0.1) is 19.0 Å². The minimum Gasteiger partial charge on any atom is -0.388 e. The highest BCUT2D eigenvalue weighted by Gasteiger charge is 2.38. The van der Waals surface area contributed by atoms with Crippen LogP contribution >= 0.6 is 0 Å². The molecule has 7 heteroatoms. The van der Waals surface area contributed by atoms with Gasteiger partial charge in [0.25, 0.3) is 10.1 Å². The van der Waals surface area contributed by atoms with Gasteiger partial charge in [-0.1, -0.05) is 58.0 Å². The normalized spacial score (nSPS) is 20.6. The second kappa shape index (κ2) is 9.77. The van der Waals surface area contributed by atoms with Crippen LogP contribution in [0.3, 0.4) is 0 Å². The van der Waals surface area contributed by atoms with Gasteiger partial charge in [-0.15, -0.1) is 0 Å². The Morgan fingerprint density at radius 3 is 2.46 bits per heavy atom. The number of benzene rings is 1. The van der Waals surface area contributed by atoms with Crippen molar-refractivity contribution in [2.45, 2.75) is 84.5 Å². The van der Waals surface area contributed by atoms with Crippen LogP contribution in [0, 0.1) is 5.41 Å². The summed E-state index contributed by atoms with van der Waals surface area (Å²) in [4.78, 5) is 5.08. The number of allylic oxidation sites excluding steroid dienone is 2. The summed E-state index contributed by atoms with van der Waals surface area (Å²) in [6.07, 6.45) is 6.16. The number of hydrogen-bond acceptors (Lipinski definition) is 6. The number of fused-ring (bicyclic) bond motifs is 1. The molecule has 1 aromatic heterocycles. The SMILES string of the molecule is CC(C)c1nc2c(c(C3=CCCC3)c1[C@H](O)c1ccc(COS(C)(=O)=O)cc1)C(O)CC(C)(C)C2. The van der Waals surface area contributed by atoms with E-state index in [2.05, 4.69) is 33.8 Å². The van der Waals surface area contributed by atoms with Gasteiger partial charge in [0.15, 0.2) is 0 Å². The summed E-state index contributed by atoms with van der Waals surface area (Å²) >= 11 is 0. The molecule has 0 aliphatic heterocycles. The maximum atomic E-state index is 11.7. The predicted molar refractivity (Wildman–Crippen MR) is 137 cm³/mol. The van der Waals surface area contributed by atoms with E-state index >= 15 is 0 Å². The number of aliphatic hydroxyl groups excluding tert-OH is 2. The summed E-state index contributed by atoms with van der Waals surface area (Å²) in [5.74, 6) is 0.0929. The molecule has 0 bridgehead atoms. The van der Waals surface area contributed by atoms with Gasteiger partial charge in [-0.2, -0.15) is 8.42 Å². The van der Waals surface area contributed by atoms with Gasteiger partial charge in [-0.05, 0) is 65.7 Å². The molecular formula is C28H37NO5S. The Labute approximate surface area is 209 Å². The molecule has 190 valence electrons. The lowest BCUT2D eigenvalue weighted by Crippen LogP contribution is -2.29. The van der Waals surface area contributed by atoms with E-state index in [1.165, 1.54) is 5.57 Å². The van der Waals surface area contributed by atoms with Crippen molar-refractivity contribution in [1.82, 2.24) is 4.98 Å².